The SMILES string of the molecule is CC=C1CC[C@H]2[C@@H]3CC[C@@H]4C[C@@](O)(C(F)F)CC[C@@H]4[C@H]3CC[C@]12C. The summed E-state index contributed by atoms with van der Waals surface area (Å²) in [5, 5.41) is 10.3. The lowest BCUT2D eigenvalue weighted by Gasteiger charge is -2.56. The maximum Gasteiger partial charge on any atom is 0.266 e. The highest BCUT2D eigenvalue weighted by atomic mass is 19.3. The van der Waals surface area contributed by atoms with Crippen molar-refractivity contribution in [3.05, 3.63) is 11.6 Å². The van der Waals surface area contributed by atoms with Gasteiger partial charge in [-0.2, -0.15) is 0 Å². The van der Waals surface area contributed by atoms with Crippen molar-refractivity contribution in [2.45, 2.75) is 83.7 Å². The Morgan fingerprint density at radius 2 is 1.79 bits per heavy atom. The molecule has 4 saturated carbocycles. The van der Waals surface area contributed by atoms with Crippen LogP contribution in [0, 0.1) is 35.0 Å². The molecule has 3 heteroatoms. The second-order valence-corrected chi connectivity index (χ2v) is 9.39. The van der Waals surface area contributed by atoms with Crippen molar-refractivity contribution in [3.63, 3.8) is 0 Å². The van der Waals surface area contributed by atoms with E-state index in [1.54, 1.807) is 5.57 Å². The Hall–Kier alpha value is -0.440. The molecule has 0 aromatic rings. The summed E-state index contributed by atoms with van der Waals surface area (Å²) in [5.74, 6) is 3.23. The molecule has 1 nitrogen and oxygen atoms in total. The minimum atomic E-state index is -2.59. The fourth-order valence-corrected chi connectivity index (χ4v) is 7.43. The van der Waals surface area contributed by atoms with E-state index in [4.69, 9.17) is 0 Å². The molecule has 1 N–H and O–H groups in total. The lowest BCUT2D eigenvalue weighted by atomic mass is 9.49. The van der Waals surface area contributed by atoms with Crippen LogP contribution in [0.1, 0.15) is 71.6 Å². The standard InChI is InChI=1S/C21H32F2O/c1-3-14-5-7-18-17-6-4-13-12-21(24,19(22)23)11-9-15(13)16(17)8-10-20(14,18)2/h3,13,15-19,24H,4-12H2,1-2H3/t13-,15+,16-,17-,18+,20-,21-/m1/s1. The zero-order valence-electron chi connectivity index (χ0n) is 15.1. The van der Waals surface area contributed by atoms with Crippen LogP contribution >= 0.6 is 0 Å². The Balaban J connectivity index is 1.54. The van der Waals surface area contributed by atoms with Gasteiger partial charge in [0.25, 0.3) is 6.43 Å². The molecule has 0 saturated heterocycles. The van der Waals surface area contributed by atoms with Crippen molar-refractivity contribution in [1.82, 2.24) is 0 Å². The third-order valence-electron chi connectivity index (χ3n) is 8.65. The van der Waals surface area contributed by atoms with Crippen LogP contribution in [0.5, 0.6) is 0 Å². The summed E-state index contributed by atoms with van der Waals surface area (Å²) in [4.78, 5) is 0. The van der Waals surface area contributed by atoms with Gasteiger partial charge in [0.1, 0.15) is 5.60 Å². The predicted molar refractivity (Wildman–Crippen MR) is 91.8 cm³/mol. The molecule has 4 fully saturated rings. The van der Waals surface area contributed by atoms with Crippen molar-refractivity contribution in [1.29, 1.82) is 0 Å². The molecule has 4 aliphatic carbocycles. The first-order chi connectivity index (χ1) is 11.4. The van der Waals surface area contributed by atoms with Crippen molar-refractivity contribution in [2.75, 3.05) is 0 Å². The highest BCUT2D eigenvalue weighted by Crippen LogP contribution is 2.64. The number of hydrogen-bond acceptors (Lipinski definition) is 1. The highest BCUT2D eigenvalue weighted by molar-refractivity contribution is 5.23. The van der Waals surface area contributed by atoms with Crippen LogP contribution in [0.4, 0.5) is 8.78 Å². The van der Waals surface area contributed by atoms with E-state index in [-0.39, 0.29) is 0 Å². The maximum absolute atomic E-state index is 13.2. The summed E-state index contributed by atoms with van der Waals surface area (Å²) in [5.41, 5.74) is 0.368. The predicted octanol–water partition coefficient (Wildman–Crippen LogP) is 5.58. The van der Waals surface area contributed by atoms with E-state index in [2.05, 4.69) is 19.9 Å². The molecule has 0 aromatic carbocycles. The minimum absolute atomic E-state index is 0.303. The Kier molecular flexibility index (Phi) is 4.10. The van der Waals surface area contributed by atoms with Crippen LogP contribution in [0.3, 0.4) is 0 Å². The van der Waals surface area contributed by atoms with Gasteiger partial charge in [0.2, 0.25) is 0 Å². The van der Waals surface area contributed by atoms with Gasteiger partial charge in [-0.05, 0) is 99.7 Å². The van der Waals surface area contributed by atoms with Crippen molar-refractivity contribution in [2.24, 2.45) is 35.0 Å². The van der Waals surface area contributed by atoms with Gasteiger partial charge < -0.3 is 5.11 Å². The van der Waals surface area contributed by atoms with Gasteiger partial charge in [-0.15, -0.1) is 0 Å². The highest BCUT2D eigenvalue weighted by Gasteiger charge is 2.57. The molecule has 0 aliphatic heterocycles. The smallest absolute Gasteiger partial charge is 0.266 e. The molecule has 0 heterocycles. The van der Waals surface area contributed by atoms with Crippen LogP contribution in [0.15, 0.2) is 11.6 Å². The number of aliphatic hydroxyl groups is 1. The third kappa shape index (κ3) is 2.33. The van der Waals surface area contributed by atoms with E-state index in [1.165, 1.54) is 32.1 Å². The number of halogens is 2. The zero-order valence-corrected chi connectivity index (χ0v) is 15.1. The average molecular weight is 338 g/mol. The van der Waals surface area contributed by atoms with Gasteiger partial charge in [0, 0.05) is 0 Å². The fourth-order valence-electron chi connectivity index (χ4n) is 7.43. The van der Waals surface area contributed by atoms with Gasteiger partial charge in [-0.3, -0.25) is 0 Å². The third-order valence-corrected chi connectivity index (χ3v) is 8.65. The van der Waals surface area contributed by atoms with Crippen LogP contribution in [-0.2, 0) is 0 Å². The number of alkyl halides is 2. The molecule has 0 unspecified atom stereocenters. The first-order valence-electron chi connectivity index (χ1n) is 10.1. The largest absolute Gasteiger partial charge is 0.384 e. The minimum Gasteiger partial charge on any atom is -0.384 e. The lowest BCUT2D eigenvalue weighted by molar-refractivity contribution is -0.157. The van der Waals surface area contributed by atoms with Crippen molar-refractivity contribution >= 4 is 0 Å². The average Bonchev–Trinajstić information content (AvgIpc) is 2.90. The monoisotopic (exact) mass is 338 g/mol. The molecule has 0 amide bonds. The van der Waals surface area contributed by atoms with Gasteiger partial charge in [-0.25, -0.2) is 8.78 Å². The molecule has 0 bridgehead atoms. The topological polar surface area (TPSA) is 20.2 Å². The van der Waals surface area contributed by atoms with Crippen LogP contribution in [0.2, 0.25) is 0 Å². The molecule has 0 aromatic heterocycles. The molecule has 24 heavy (non-hydrogen) atoms. The van der Waals surface area contributed by atoms with Crippen LogP contribution < -0.4 is 0 Å². The number of rotatable bonds is 1. The summed E-state index contributed by atoms with van der Waals surface area (Å²) >= 11 is 0. The van der Waals surface area contributed by atoms with E-state index >= 15 is 0 Å². The quantitative estimate of drug-likeness (QED) is 0.619. The molecular formula is C21H32F2O. The number of allylic oxidation sites excluding steroid dienone is 2. The van der Waals surface area contributed by atoms with E-state index in [9.17, 15) is 13.9 Å². The molecule has 0 radical (unpaired) electrons. The Morgan fingerprint density at radius 1 is 1.04 bits per heavy atom. The van der Waals surface area contributed by atoms with Gasteiger partial charge in [0.15, 0.2) is 0 Å². The lowest BCUT2D eigenvalue weighted by Crippen LogP contribution is -2.52. The zero-order chi connectivity index (χ0) is 17.1. The summed E-state index contributed by atoms with van der Waals surface area (Å²) in [7, 11) is 0. The van der Waals surface area contributed by atoms with Crippen LogP contribution in [-0.4, -0.2) is 17.1 Å². The maximum atomic E-state index is 13.2. The van der Waals surface area contributed by atoms with E-state index in [0.717, 1.165) is 30.6 Å². The van der Waals surface area contributed by atoms with Crippen LogP contribution in [0.25, 0.3) is 0 Å². The summed E-state index contributed by atoms with van der Waals surface area (Å²) < 4.78 is 26.5. The van der Waals surface area contributed by atoms with Crippen molar-refractivity contribution < 1.29 is 13.9 Å². The van der Waals surface area contributed by atoms with E-state index in [1.807, 2.05) is 0 Å². The van der Waals surface area contributed by atoms with E-state index in [0.29, 0.717) is 30.1 Å². The molecule has 0 spiro atoms. The number of fused-ring (bicyclic) bond motifs is 5. The van der Waals surface area contributed by atoms with Crippen molar-refractivity contribution in [3.8, 4) is 0 Å². The Bertz CT molecular complexity index is 530. The Morgan fingerprint density at radius 3 is 2.50 bits per heavy atom. The molecule has 136 valence electrons. The van der Waals surface area contributed by atoms with Gasteiger partial charge in [-0.1, -0.05) is 18.6 Å². The molecule has 4 aliphatic rings. The summed E-state index contributed by atoms with van der Waals surface area (Å²) in [6, 6.07) is 0. The van der Waals surface area contributed by atoms with E-state index < -0.39 is 12.0 Å². The fraction of sp³-hybridized carbons (Fsp3) is 0.905. The molecule has 7 atom stereocenters. The summed E-state index contributed by atoms with van der Waals surface area (Å²) in [6.45, 7) is 4.68. The first kappa shape index (κ1) is 17.0. The second-order valence-electron chi connectivity index (χ2n) is 9.39. The normalized spacial score (nSPS) is 52.9. The number of hydrogen-bond donors (Lipinski definition) is 1. The molecule has 4 rings (SSSR count). The van der Waals surface area contributed by atoms with Gasteiger partial charge in [0.05, 0.1) is 0 Å². The molecular weight excluding hydrogens is 306 g/mol. The Labute approximate surface area is 144 Å². The van der Waals surface area contributed by atoms with Gasteiger partial charge >= 0.3 is 0 Å². The first-order valence-corrected chi connectivity index (χ1v) is 10.1. The summed E-state index contributed by atoms with van der Waals surface area (Å²) in [6.07, 6.45) is 8.61. The second kappa shape index (κ2) is 5.79.